The minimum atomic E-state index is -1.64. The zero-order valence-corrected chi connectivity index (χ0v) is 32.9. The fourth-order valence-corrected chi connectivity index (χ4v) is 6.78. The van der Waals surface area contributed by atoms with Gasteiger partial charge < -0.3 is 75.9 Å². The number of nitrogens with zero attached hydrogens (tertiary/aromatic N) is 1. The van der Waals surface area contributed by atoms with E-state index in [-0.39, 0.29) is 25.3 Å². The van der Waals surface area contributed by atoms with Crippen molar-refractivity contribution in [3.8, 4) is 0 Å². The molecule has 0 radical (unpaired) electrons. The van der Waals surface area contributed by atoms with E-state index in [1.54, 1.807) is 12.1 Å². The van der Waals surface area contributed by atoms with Crippen LogP contribution in [0.4, 0.5) is 10.5 Å². The van der Waals surface area contributed by atoms with Crippen LogP contribution < -0.4 is 70.8 Å². The van der Waals surface area contributed by atoms with Crippen molar-refractivity contribution in [1.29, 1.82) is 0 Å². The van der Waals surface area contributed by atoms with Crippen LogP contribution in [-0.4, -0.2) is 122 Å². The average molecular weight is 827 g/mol. The average Bonchev–Trinajstić information content (AvgIpc) is 3.22. The van der Waals surface area contributed by atoms with E-state index in [0.29, 0.717) is 31.0 Å². The molecule has 1 saturated carbocycles. The standard InChI is InChI=1S/C37H58N14O8/c38-13-4-7-22(39)15-29(53)43-17-26-32(55)47-27(18-45-37(59)46-23-10-8-21(9-11-23)20-5-2-1-3-6-20)33(56)51-30(25-12-14-42-36(41)50-25)35(58)44-16-24(40)31(54)49-28(19-52)34(57)48-26/h8-11,18,20,22,24-26,28,30,52H,1-7,12-17,19,38-40H2,(H,43,53)(H,44,58)(H,47,55)(H,48,57)(H,49,54)(H,51,56)(H3,41,42,50)(H2,45,46,59)/b27-18-/t22-,24?,25?,26-,28-,30-/m0/s1. The zero-order valence-electron chi connectivity index (χ0n) is 32.9. The topological polar surface area (TPSA) is 364 Å². The van der Waals surface area contributed by atoms with Crippen molar-refractivity contribution >= 4 is 53.1 Å². The molecule has 2 unspecified atom stereocenters. The highest BCUT2D eigenvalue weighted by Crippen LogP contribution is 2.33. The maximum absolute atomic E-state index is 14.0. The maximum Gasteiger partial charge on any atom is 0.323 e. The summed E-state index contributed by atoms with van der Waals surface area (Å²) in [6, 6.07) is -0.861. The molecule has 4 rings (SSSR count). The molecule has 2 fully saturated rings. The molecule has 1 aliphatic carbocycles. The maximum atomic E-state index is 14.0. The molecule has 2 heterocycles. The number of carbonyl (C=O) groups excluding carboxylic acids is 7. The molecule has 59 heavy (non-hydrogen) atoms. The summed E-state index contributed by atoms with van der Waals surface area (Å²) in [4.78, 5) is 97.8. The van der Waals surface area contributed by atoms with E-state index in [9.17, 15) is 38.7 Å². The minimum Gasteiger partial charge on any atom is -0.394 e. The number of anilines is 1. The Morgan fingerprint density at radius 1 is 0.915 bits per heavy atom. The van der Waals surface area contributed by atoms with E-state index in [4.69, 9.17) is 22.9 Å². The lowest BCUT2D eigenvalue weighted by Gasteiger charge is -2.31. The summed E-state index contributed by atoms with van der Waals surface area (Å²) >= 11 is 0. The van der Waals surface area contributed by atoms with Crippen LogP contribution in [0.5, 0.6) is 0 Å². The molecule has 0 aromatic heterocycles. The molecule has 0 spiro atoms. The quantitative estimate of drug-likeness (QED) is 0.0894. The minimum absolute atomic E-state index is 0.00304. The number of urea groups is 1. The van der Waals surface area contributed by atoms with Crippen LogP contribution in [0.2, 0.25) is 0 Å². The third-order valence-electron chi connectivity index (χ3n) is 10.1. The highest BCUT2D eigenvalue weighted by molar-refractivity contribution is 6.03. The predicted octanol–water partition coefficient (Wildman–Crippen LogP) is -4.03. The fraction of sp³-hybridized carbons (Fsp3) is 0.568. The number of aliphatic hydroxyl groups is 1. The Hall–Kier alpha value is -5.84. The summed E-state index contributed by atoms with van der Waals surface area (Å²) in [5.74, 6) is -5.07. The molecule has 6 atom stereocenters. The van der Waals surface area contributed by atoms with Gasteiger partial charge in [0, 0.05) is 44.0 Å². The summed E-state index contributed by atoms with van der Waals surface area (Å²) in [7, 11) is 0. The molecule has 2 aliphatic heterocycles. The van der Waals surface area contributed by atoms with Crippen molar-refractivity contribution in [1.82, 2.24) is 42.5 Å². The van der Waals surface area contributed by atoms with Crippen LogP contribution in [0.15, 0.2) is 41.2 Å². The van der Waals surface area contributed by atoms with Gasteiger partial charge in [-0.15, -0.1) is 0 Å². The third-order valence-corrected chi connectivity index (χ3v) is 10.1. The summed E-state index contributed by atoms with van der Waals surface area (Å²) in [6.45, 7) is -1.36. The Morgan fingerprint density at radius 2 is 1.63 bits per heavy atom. The Bertz CT molecular complexity index is 1720. The molecule has 324 valence electrons. The van der Waals surface area contributed by atoms with E-state index in [1.807, 2.05) is 12.1 Å². The number of amides is 8. The smallest absolute Gasteiger partial charge is 0.323 e. The first-order chi connectivity index (χ1) is 28.3. The largest absolute Gasteiger partial charge is 0.394 e. The van der Waals surface area contributed by atoms with E-state index < -0.39 is 103 Å². The Labute approximate surface area is 341 Å². The van der Waals surface area contributed by atoms with Crippen LogP contribution in [0.1, 0.15) is 69.3 Å². The lowest BCUT2D eigenvalue weighted by Crippen LogP contribution is -2.64. The molecule has 8 amide bonds. The first-order valence-electron chi connectivity index (χ1n) is 19.8. The second kappa shape index (κ2) is 22.9. The summed E-state index contributed by atoms with van der Waals surface area (Å²) in [5.41, 5.74) is 24.5. The van der Waals surface area contributed by atoms with Crippen LogP contribution in [0.25, 0.3) is 0 Å². The van der Waals surface area contributed by atoms with Gasteiger partial charge in [0.1, 0.15) is 29.9 Å². The molecule has 22 nitrogen and oxygen atoms in total. The van der Waals surface area contributed by atoms with Crippen molar-refractivity contribution in [2.75, 3.05) is 38.1 Å². The lowest BCUT2D eigenvalue weighted by molar-refractivity contribution is -0.134. The number of guanidine groups is 1. The van der Waals surface area contributed by atoms with Crippen LogP contribution in [0, 0.1) is 0 Å². The van der Waals surface area contributed by atoms with Gasteiger partial charge in [0.15, 0.2) is 5.96 Å². The van der Waals surface area contributed by atoms with Gasteiger partial charge in [-0.05, 0) is 62.3 Å². The second-order valence-electron chi connectivity index (χ2n) is 14.7. The van der Waals surface area contributed by atoms with E-state index in [0.717, 1.165) is 19.0 Å². The SMILES string of the molecule is NCCC[C@H](N)CC(=O)NC[C@@H]1NC(=O)[C@H](CO)NC(=O)C(N)CNC(=O)[C@H](C2CCN=C(N)N2)NC(=O)/C(=C/NC(=O)Nc2ccc(C3CCCCC3)cc2)NC1=O. The number of carbonyl (C=O) groups is 7. The van der Waals surface area contributed by atoms with Crippen LogP contribution >= 0.6 is 0 Å². The highest BCUT2D eigenvalue weighted by Gasteiger charge is 2.35. The molecule has 3 aliphatic rings. The predicted molar refractivity (Wildman–Crippen MR) is 216 cm³/mol. The van der Waals surface area contributed by atoms with Gasteiger partial charge in [-0.1, -0.05) is 31.4 Å². The van der Waals surface area contributed by atoms with Crippen molar-refractivity contribution in [2.24, 2.45) is 27.9 Å². The fourth-order valence-electron chi connectivity index (χ4n) is 6.78. The van der Waals surface area contributed by atoms with E-state index in [1.165, 1.54) is 24.8 Å². The normalized spacial score (nSPS) is 25.2. The van der Waals surface area contributed by atoms with E-state index >= 15 is 0 Å². The second-order valence-corrected chi connectivity index (χ2v) is 14.7. The molecular weight excluding hydrogens is 768 g/mol. The molecule has 22 heteroatoms. The molecule has 18 N–H and O–H groups in total. The summed E-state index contributed by atoms with van der Waals surface area (Å²) < 4.78 is 0. The number of hydrogen-bond donors (Lipinski definition) is 14. The molecule has 1 aromatic carbocycles. The van der Waals surface area contributed by atoms with Gasteiger partial charge in [0.2, 0.25) is 29.5 Å². The van der Waals surface area contributed by atoms with Gasteiger partial charge in [-0.2, -0.15) is 0 Å². The Morgan fingerprint density at radius 3 is 2.31 bits per heavy atom. The zero-order chi connectivity index (χ0) is 42.9. The number of nitrogens with two attached hydrogens (primary N) is 4. The number of rotatable bonds is 12. The third kappa shape index (κ3) is 14.5. The Kier molecular flexibility index (Phi) is 17.8. The van der Waals surface area contributed by atoms with Crippen molar-refractivity contribution in [3.63, 3.8) is 0 Å². The summed E-state index contributed by atoms with van der Waals surface area (Å²) in [5, 5.41) is 32.5. The highest BCUT2D eigenvalue weighted by atomic mass is 16.3. The molecule has 1 saturated heterocycles. The number of nitrogens with one attached hydrogen (secondary N) is 9. The van der Waals surface area contributed by atoms with Crippen molar-refractivity contribution in [2.45, 2.75) is 100.0 Å². The number of aliphatic hydroxyl groups excluding tert-OH is 1. The first-order valence-corrected chi connectivity index (χ1v) is 19.8. The summed E-state index contributed by atoms with van der Waals surface area (Å²) in [6.07, 6.45) is 7.74. The Balaban J connectivity index is 1.63. The van der Waals surface area contributed by atoms with Gasteiger partial charge in [0.25, 0.3) is 5.91 Å². The number of benzene rings is 1. The number of hydrogen-bond acceptors (Lipinski definition) is 14. The van der Waals surface area contributed by atoms with Crippen molar-refractivity contribution in [3.05, 3.63) is 41.7 Å². The van der Waals surface area contributed by atoms with E-state index in [2.05, 4.69) is 52.8 Å². The molecular formula is C37H58N14O8. The monoisotopic (exact) mass is 826 g/mol. The van der Waals surface area contributed by atoms with Gasteiger partial charge in [-0.3, -0.25) is 33.8 Å². The lowest BCUT2D eigenvalue weighted by atomic mass is 9.84. The molecule has 0 bridgehead atoms. The number of aliphatic imine (C=N–C) groups is 1. The first kappa shape index (κ1) is 45.9. The molecule has 1 aromatic rings. The van der Waals surface area contributed by atoms with Crippen LogP contribution in [-0.2, 0) is 28.8 Å². The van der Waals surface area contributed by atoms with Gasteiger partial charge >= 0.3 is 6.03 Å². The van der Waals surface area contributed by atoms with Crippen molar-refractivity contribution < 1.29 is 38.7 Å². The van der Waals surface area contributed by atoms with Gasteiger partial charge in [0.05, 0.1) is 12.6 Å². The van der Waals surface area contributed by atoms with Gasteiger partial charge in [-0.25, -0.2) is 4.79 Å². The van der Waals surface area contributed by atoms with Crippen LogP contribution in [0.3, 0.4) is 0 Å².